The lowest BCUT2D eigenvalue weighted by Gasteiger charge is -2.24. The van der Waals surface area contributed by atoms with E-state index in [1.165, 1.54) is 25.7 Å². The monoisotopic (exact) mass is 326 g/mol. The number of nitrogens with zero attached hydrogens (tertiary/aromatic N) is 2. The van der Waals surface area contributed by atoms with Crippen LogP contribution in [0.25, 0.3) is 10.9 Å². The van der Waals surface area contributed by atoms with Crippen LogP contribution in [0, 0.1) is 5.92 Å². The van der Waals surface area contributed by atoms with Gasteiger partial charge < -0.3 is 10.6 Å². The first-order valence-corrected chi connectivity index (χ1v) is 9.16. The molecule has 1 saturated carbocycles. The highest BCUT2D eigenvalue weighted by atomic mass is 16.2. The van der Waals surface area contributed by atoms with E-state index in [-0.39, 0.29) is 11.9 Å². The first kappa shape index (κ1) is 15.6. The molecule has 1 saturated heterocycles. The minimum atomic E-state index is -0.0520. The predicted octanol–water partition coefficient (Wildman–Crippen LogP) is 3.48. The number of amides is 1. The molecule has 3 unspecified atom stereocenters. The lowest BCUT2D eigenvalue weighted by molar-refractivity contribution is -0.117. The third kappa shape index (κ3) is 2.81. The summed E-state index contributed by atoms with van der Waals surface area (Å²) in [4.78, 5) is 12.7. The molecule has 1 aromatic carbocycles. The van der Waals surface area contributed by atoms with E-state index in [1.54, 1.807) is 0 Å². The first-order valence-electron chi connectivity index (χ1n) is 9.16. The van der Waals surface area contributed by atoms with Crippen molar-refractivity contribution in [1.82, 2.24) is 15.1 Å². The highest BCUT2D eigenvalue weighted by Gasteiger charge is 2.38. The molecule has 4 rings (SSSR count). The van der Waals surface area contributed by atoms with E-state index < -0.39 is 0 Å². The Morgan fingerprint density at radius 1 is 1.33 bits per heavy atom. The standard InChI is InChI=1S/C19H26N4O/c1-12(2)23-18-10-15(8-7-14(18)11-20-23)21-19(24)17-9-13-5-3-4-6-16(13)22-17/h7-8,10-13,16-17,22H,3-6,9H2,1-2H3,(H,21,24). The van der Waals surface area contributed by atoms with E-state index in [0.29, 0.717) is 18.0 Å². The summed E-state index contributed by atoms with van der Waals surface area (Å²) >= 11 is 0. The van der Waals surface area contributed by atoms with Gasteiger partial charge in [-0.15, -0.1) is 0 Å². The molecular weight excluding hydrogens is 300 g/mol. The van der Waals surface area contributed by atoms with Crippen molar-refractivity contribution in [2.24, 2.45) is 5.92 Å². The lowest BCUT2D eigenvalue weighted by Crippen LogP contribution is -2.39. The van der Waals surface area contributed by atoms with Gasteiger partial charge >= 0.3 is 0 Å². The van der Waals surface area contributed by atoms with Crippen LogP contribution < -0.4 is 10.6 Å². The van der Waals surface area contributed by atoms with Crippen LogP contribution in [0.4, 0.5) is 5.69 Å². The SMILES string of the molecule is CC(C)n1ncc2ccc(NC(=O)C3CC4CCCCC4N3)cc21. The van der Waals surface area contributed by atoms with E-state index in [9.17, 15) is 4.79 Å². The van der Waals surface area contributed by atoms with E-state index in [4.69, 9.17) is 0 Å². The van der Waals surface area contributed by atoms with Crippen molar-refractivity contribution in [1.29, 1.82) is 0 Å². The molecule has 2 fully saturated rings. The summed E-state index contributed by atoms with van der Waals surface area (Å²) in [5.41, 5.74) is 1.92. The van der Waals surface area contributed by atoms with E-state index in [2.05, 4.69) is 29.6 Å². The van der Waals surface area contributed by atoms with Crippen molar-refractivity contribution in [3.8, 4) is 0 Å². The molecule has 1 aromatic heterocycles. The largest absolute Gasteiger partial charge is 0.325 e. The average Bonchev–Trinajstić information content (AvgIpc) is 3.18. The van der Waals surface area contributed by atoms with Gasteiger partial charge in [0.05, 0.1) is 17.8 Å². The summed E-state index contributed by atoms with van der Waals surface area (Å²) in [6.07, 6.45) is 7.94. The number of hydrogen-bond acceptors (Lipinski definition) is 3. The van der Waals surface area contributed by atoms with Gasteiger partial charge in [0.25, 0.3) is 0 Å². The van der Waals surface area contributed by atoms with Gasteiger partial charge in [-0.3, -0.25) is 9.48 Å². The number of anilines is 1. The van der Waals surface area contributed by atoms with Crippen LogP contribution in [0.2, 0.25) is 0 Å². The van der Waals surface area contributed by atoms with Crippen molar-refractivity contribution in [2.75, 3.05) is 5.32 Å². The molecule has 2 N–H and O–H groups in total. The molecule has 0 bridgehead atoms. The number of rotatable bonds is 3. The number of carbonyl (C=O) groups excluding carboxylic acids is 1. The van der Waals surface area contributed by atoms with Gasteiger partial charge in [-0.2, -0.15) is 5.10 Å². The Bertz CT molecular complexity index is 737. The van der Waals surface area contributed by atoms with Gasteiger partial charge in [0.2, 0.25) is 5.91 Å². The topological polar surface area (TPSA) is 59.0 Å². The van der Waals surface area contributed by atoms with Crippen LogP contribution in [-0.2, 0) is 4.79 Å². The van der Waals surface area contributed by atoms with Crippen molar-refractivity contribution < 1.29 is 4.79 Å². The molecule has 3 atom stereocenters. The van der Waals surface area contributed by atoms with Gasteiger partial charge in [0.1, 0.15) is 0 Å². The molecule has 1 aliphatic heterocycles. The van der Waals surface area contributed by atoms with E-state index in [0.717, 1.165) is 23.0 Å². The summed E-state index contributed by atoms with van der Waals surface area (Å²) < 4.78 is 1.99. The van der Waals surface area contributed by atoms with Crippen LogP contribution >= 0.6 is 0 Å². The van der Waals surface area contributed by atoms with E-state index in [1.807, 2.05) is 29.1 Å². The van der Waals surface area contributed by atoms with Crippen molar-refractivity contribution in [2.45, 2.75) is 64.1 Å². The number of aromatic nitrogens is 2. The summed E-state index contributed by atoms with van der Waals surface area (Å²) in [6, 6.07) is 6.81. The number of carbonyl (C=O) groups is 1. The van der Waals surface area contributed by atoms with Gasteiger partial charge in [-0.05, 0) is 57.2 Å². The lowest BCUT2D eigenvalue weighted by atomic mass is 9.85. The van der Waals surface area contributed by atoms with Crippen molar-refractivity contribution >= 4 is 22.5 Å². The van der Waals surface area contributed by atoms with E-state index >= 15 is 0 Å². The summed E-state index contributed by atoms with van der Waals surface area (Å²) in [6.45, 7) is 4.23. The zero-order valence-corrected chi connectivity index (χ0v) is 14.5. The fourth-order valence-corrected chi connectivity index (χ4v) is 4.28. The first-order chi connectivity index (χ1) is 11.6. The molecule has 2 heterocycles. The number of benzene rings is 1. The maximum atomic E-state index is 12.7. The molecule has 5 nitrogen and oxygen atoms in total. The van der Waals surface area contributed by atoms with Gasteiger partial charge in [-0.25, -0.2) is 0 Å². The Kier molecular flexibility index (Phi) is 4.04. The minimum absolute atomic E-state index is 0.0520. The molecule has 0 radical (unpaired) electrons. The van der Waals surface area contributed by atoms with Gasteiger partial charge in [0.15, 0.2) is 0 Å². The molecule has 2 aromatic rings. The molecule has 128 valence electrons. The fraction of sp³-hybridized carbons (Fsp3) is 0.579. The smallest absolute Gasteiger partial charge is 0.241 e. The maximum Gasteiger partial charge on any atom is 0.241 e. The Hall–Kier alpha value is -1.88. The normalized spacial score (nSPS) is 26.7. The fourth-order valence-electron chi connectivity index (χ4n) is 4.28. The second kappa shape index (κ2) is 6.20. The van der Waals surface area contributed by atoms with Crippen LogP contribution in [-0.4, -0.2) is 27.8 Å². The zero-order valence-electron chi connectivity index (χ0n) is 14.5. The zero-order chi connectivity index (χ0) is 16.7. The van der Waals surface area contributed by atoms with Gasteiger partial charge in [-0.1, -0.05) is 12.8 Å². The molecule has 0 spiro atoms. The molecule has 1 aliphatic carbocycles. The van der Waals surface area contributed by atoms with Gasteiger partial charge in [0, 0.05) is 23.2 Å². The van der Waals surface area contributed by atoms with Crippen molar-refractivity contribution in [3.05, 3.63) is 24.4 Å². The van der Waals surface area contributed by atoms with Crippen LogP contribution in [0.5, 0.6) is 0 Å². The summed E-state index contributed by atoms with van der Waals surface area (Å²) in [5, 5.41) is 12.2. The number of hydrogen-bond donors (Lipinski definition) is 2. The summed E-state index contributed by atoms with van der Waals surface area (Å²) in [5.74, 6) is 0.777. The van der Waals surface area contributed by atoms with Crippen molar-refractivity contribution in [3.63, 3.8) is 0 Å². The molecular formula is C19H26N4O. The number of nitrogens with one attached hydrogen (secondary N) is 2. The quantitative estimate of drug-likeness (QED) is 0.908. The maximum absolute atomic E-state index is 12.7. The second-order valence-corrected chi connectivity index (χ2v) is 7.55. The highest BCUT2D eigenvalue weighted by molar-refractivity contribution is 5.97. The Labute approximate surface area is 142 Å². The Morgan fingerprint density at radius 3 is 2.96 bits per heavy atom. The van der Waals surface area contributed by atoms with Crippen LogP contribution in [0.1, 0.15) is 52.0 Å². The predicted molar refractivity (Wildman–Crippen MR) is 96.0 cm³/mol. The molecule has 2 aliphatic rings. The second-order valence-electron chi connectivity index (χ2n) is 7.55. The van der Waals surface area contributed by atoms with Crippen LogP contribution in [0.15, 0.2) is 24.4 Å². The minimum Gasteiger partial charge on any atom is -0.325 e. The molecule has 24 heavy (non-hydrogen) atoms. The Morgan fingerprint density at radius 2 is 2.17 bits per heavy atom. The molecule has 1 amide bonds. The van der Waals surface area contributed by atoms with Crippen LogP contribution in [0.3, 0.4) is 0 Å². The third-order valence-electron chi connectivity index (χ3n) is 5.53. The summed E-state index contributed by atoms with van der Waals surface area (Å²) in [7, 11) is 0. The Balaban J connectivity index is 1.49. The third-order valence-corrected chi connectivity index (χ3v) is 5.53. The average molecular weight is 326 g/mol. The number of fused-ring (bicyclic) bond motifs is 2. The molecule has 5 heteroatoms. The highest BCUT2D eigenvalue weighted by Crippen LogP contribution is 2.33.